The Morgan fingerprint density at radius 1 is 0.522 bits per heavy atom. The van der Waals surface area contributed by atoms with Gasteiger partial charge in [0.25, 0.3) is 0 Å². The zero-order valence-corrected chi connectivity index (χ0v) is 30.5. The van der Waals surface area contributed by atoms with E-state index in [0.717, 1.165) is 25.8 Å². The Bertz CT molecular complexity index is 738. The highest BCUT2D eigenvalue weighted by molar-refractivity contribution is 5.69. The van der Waals surface area contributed by atoms with E-state index in [4.69, 9.17) is 0 Å². The van der Waals surface area contributed by atoms with Gasteiger partial charge in [-0.2, -0.15) is 0 Å². The molecule has 7 nitrogen and oxygen atoms in total. The molecule has 0 aromatic carbocycles. The Hall–Kier alpha value is -1.89. The molecular weight excluding hydrogens is 578 g/mol. The van der Waals surface area contributed by atoms with Gasteiger partial charge < -0.3 is 24.6 Å². The van der Waals surface area contributed by atoms with Gasteiger partial charge in [0.15, 0.2) is 0 Å². The molecule has 7 heteroatoms. The van der Waals surface area contributed by atoms with Gasteiger partial charge in [0.05, 0.1) is 38.0 Å². The van der Waals surface area contributed by atoms with Crippen LogP contribution in [-0.2, 0) is 14.4 Å². The van der Waals surface area contributed by atoms with Crippen LogP contribution in [0.15, 0.2) is 12.2 Å². The van der Waals surface area contributed by atoms with Crippen molar-refractivity contribution in [3.8, 4) is 0 Å². The van der Waals surface area contributed by atoms with E-state index in [2.05, 4.69) is 19.1 Å². The van der Waals surface area contributed by atoms with Crippen LogP contribution in [0.25, 0.3) is 0 Å². The molecule has 0 rings (SSSR count). The molecule has 0 aliphatic carbocycles. The third-order valence-corrected chi connectivity index (χ3v) is 10.00. The number of carboxylic acids is 3. The third-order valence-electron chi connectivity index (χ3n) is 10.00. The Morgan fingerprint density at radius 3 is 1.20 bits per heavy atom. The lowest BCUT2D eigenvalue weighted by molar-refractivity contribution is -0.929. The van der Waals surface area contributed by atoms with Crippen molar-refractivity contribution < 1.29 is 34.2 Å². The van der Waals surface area contributed by atoms with Crippen LogP contribution in [0.1, 0.15) is 175 Å². The van der Waals surface area contributed by atoms with E-state index < -0.39 is 35.7 Å². The SMILES string of the molecule is CCCCCCCCCCCC/C=C/CCCCCCCCCC[N+](CCC(C)C(=O)[O-])(CCC(C)C(=O)O)CCC(C)C(=O)O. The Balaban J connectivity index is 4.31. The Labute approximate surface area is 283 Å². The molecule has 0 fully saturated rings. The normalized spacial score (nSPS) is 15.0. The summed E-state index contributed by atoms with van der Waals surface area (Å²) in [7, 11) is 0. The summed E-state index contributed by atoms with van der Waals surface area (Å²) < 4.78 is 0.583. The average molecular weight is 652 g/mol. The van der Waals surface area contributed by atoms with E-state index >= 15 is 0 Å². The van der Waals surface area contributed by atoms with E-state index in [9.17, 15) is 29.7 Å². The van der Waals surface area contributed by atoms with Crippen LogP contribution in [0, 0.1) is 17.8 Å². The van der Waals surface area contributed by atoms with E-state index in [1.54, 1.807) is 20.8 Å². The maximum Gasteiger partial charge on any atom is 0.306 e. The number of hydrogen-bond acceptors (Lipinski definition) is 4. The zero-order chi connectivity index (χ0) is 34.5. The summed E-state index contributed by atoms with van der Waals surface area (Å²) in [6.45, 7) is 9.99. The second kappa shape index (κ2) is 29.3. The maximum atomic E-state index is 11.5. The number of carbonyl (C=O) groups excluding carboxylic acids is 1. The molecule has 0 saturated heterocycles. The topological polar surface area (TPSA) is 115 Å². The number of quaternary nitrogens is 1. The zero-order valence-electron chi connectivity index (χ0n) is 30.5. The first-order chi connectivity index (χ1) is 22.0. The van der Waals surface area contributed by atoms with Gasteiger partial charge in [0.1, 0.15) is 0 Å². The van der Waals surface area contributed by atoms with Gasteiger partial charge in [-0.25, -0.2) is 0 Å². The van der Waals surface area contributed by atoms with Gasteiger partial charge in [-0.1, -0.05) is 130 Å². The molecule has 0 amide bonds. The second-order valence-corrected chi connectivity index (χ2v) is 14.4. The van der Waals surface area contributed by atoms with E-state index in [1.165, 1.54) is 109 Å². The van der Waals surface area contributed by atoms with Crippen molar-refractivity contribution in [3.05, 3.63) is 12.2 Å². The third kappa shape index (κ3) is 25.2. The van der Waals surface area contributed by atoms with Crippen molar-refractivity contribution in [2.24, 2.45) is 17.8 Å². The van der Waals surface area contributed by atoms with Crippen LogP contribution in [0.5, 0.6) is 0 Å². The molecule has 0 radical (unpaired) electrons. The Morgan fingerprint density at radius 2 is 0.848 bits per heavy atom. The minimum Gasteiger partial charge on any atom is -0.550 e. The molecule has 0 spiro atoms. The highest BCUT2D eigenvalue weighted by Gasteiger charge is 2.30. The molecule has 2 N–H and O–H groups in total. The first-order valence-electron chi connectivity index (χ1n) is 19.2. The monoisotopic (exact) mass is 652 g/mol. The fraction of sp³-hybridized carbons (Fsp3) is 0.872. The quantitative estimate of drug-likeness (QED) is 0.0407. The van der Waals surface area contributed by atoms with Gasteiger partial charge in [-0.05, 0) is 38.5 Å². The summed E-state index contributed by atoms with van der Waals surface area (Å²) >= 11 is 0. The molecule has 0 saturated carbocycles. The summed E-state index contributed by atoms with van der Waals surface area (Å²) in [5.41, 5.74) is 0. The number of rotatable bonds is 34. The van der Waals surface area contributed by atoms with Crippen LogP contribution in [0.2, 0.25) is 0 Å². The highest BCUT2D eigenvalue weighted by atomic mass is 16.4. The van der Waals surface area contributed by atoms with Crippen LogP contribution < -0.4 is 5.11 Å². The predicted octanol–water partition coefficient (Wildman–Crippen LogP) is 9.18. The fourth-order valence-corrected chi connectivity index (χ4v) is 6.19. The summed E-state index contributed by atoms with van der Waals surface area (Å²) in [5.74, 6) is -4.32. The molecule has 3 atom stereocenters. The molecule has 46 heavy (non-hydrogen) atoms. The molecule has 0 aromatic heterocycles. The maximum absolute atomic E-state index is 11.5. The molecule has 0 heterocycles. The summed E-state index contributed by atoms with van der Waals surface area (Å²) in [6.07, 6.45) is 32.0. The molecular formula is C39H73NO6. The van der Waals surface area contributed by atoms with Crippen molar-refractivity contribution >= 4 is 17.9 Å². The van der Waals surface area contributed by atoms with Gasteiger partial charge in [-0.3, -0.25) is 9.59 Å². The molecule has 0 bridgehead atoms. The van der Waals surface area contributed by atoms with E-state index in [1.807, 2.05) is 0 Å². The van der Waals surface area contributed by atoms with E-state index in [0.29, 0.717) is 43.4 Å². The molecule has 270 valence electrons. The lowest BCUT2D eigenvalue weighted by Gasteiger charge is -2.41. The smallest absolute Gasteiger partial charge is 0.306 e. The molecule has 3 unspecified atom stereocenters. The van der Waals surface area contributed by atoms with Crippen molar-refractivity contribution in [1.82, 2.24) is 0 Å². The number of nitrogens with zero attached hydrogens (tertiary/aromatic N) is 1. The van der Waals surface area contributed by atoms with E-state index in [-0.39, 0.29) is 0 Å². The first kappa shape index (κ1) is 44.1. The van der Waals surface area contributed by atoms with Crippen LogP contribution in [-0.4, -0.2) is 58.8 Å². The first-order valence-corrected chi connectivity index (χ1v) is 19.2. The number of allylic oxidation sites excluding steroid dienone is 2. The van der Waals surface area contributed by atoms with Crippen molar-refractivity contribution in [1.29, 1.82) is 0 Å². The number of carbonyl (C=O) groups is 3. The number of carboxylic acid groups (broad SMARTS) is 3. The number of aliphatic carboxylic acids is 3. The average Bonchev–Trinajstić information content (AvgIpc) is 3.03. The standard InChI is InChI=1S/C39H73NO6/c1-5-6-7-8-9-10-11-12-13-14-15-16-17-18-19-20-21-22-23-24-25-26-30-40(31-27-34(2)37(41)42,32-28-35(3)38(43)44)33-29-36(4)39(45)46/h16-17,34-36H,5-15,18-33H2,1-4H3,(H2-,41,42,43,44,45,46)/b17-16+. The summed E-state index contributed by atoms with van der Waals surface area (Å²) in [5, 5.41) is 30.3. The van der Waals surface area contributed by atoms with Crippen molar-refractivity contribution in [3.63, 3.8) is 0 Å². The summed E-state index contributed by atoms with van der Waals surface area (Å²) in [6, 6.07) is 0. The van der Waals surface area contributed by atoms with Crippen LogP contribution >= 0.6 is 0 Å². The lowest BCUT2D eigenvalue weighted by Crippen LogP contribution is -2.52. The van der Waals surface area contributed by atoms with Crippen molar-refractivity contribution in [2.45, 2.75) is 175 Å². The molecule has 0 aromatic rings. The number of unbranched alkanes of at least 4 members (excludes halogenated alkanes) is 18. The molecule has 0 aliphatic rings. The predicted molar refractivity (Wildman–Crippen MR) is 189 cm³/mol. The molecule has 0 aliphatic heterocycles. The Kier molecular flexibility index (Phi) is 28.1. The van der Waals surface area contributed by atoms with Crippen molar-refractivity contribution in [2.75, 3.05) is 26.2 Å². The lowest BCUT2D eigenvalue weighted by atomic mass is 10.0. The fourth-order valence-electron chi connectivity index (χ4n) is 6.19. The minimum absolute atomic E-state index is 0.444. The summed E-state index contributed by atoms with van der Waals surface area (Å²) in [4.78, 5) is 34.4. The van der Waals surface area contributed by atoms with Crippen LogP contribution in [0.3, 0.4) is 0 Å². The van der Waals surface area contributed by atoms with Gasteiger partial charge in [0, 0.05) is 31.1 Å². The van der Waals surface area contributed by atoms with Gasteiger partial charge in [0.2, 0.25) is 0 Å². The van der Waals surface area contributed by atoms with Crippen LogP contribution in [0.4, 0.5) is 0 Å². The minimum atomic E-state index is -1.07. The highest BCUT2D eigenvalue weighted by Crippen LogP contribution is 2.22. The largest absolute Gasteiger partial charge is 0.550 e. The van der Waals surface area contributed by atoms with Gasteiger partial charge in [-0.15, -0.1) is 0 Å². The second-order valence-electron chi connectivity index (χ2n) is 14.4. The number of hydrogen-bond donors (Lipinski definition) is 2. The van der Waals surface area contributed by atoms with Gasteiger partial charge >= 0.3 is 11.9 Å².